The average Bonchev–Trinajstić information content (AvgIpc) is 2.29. The van der Waals surface area contributed by atoms with Crippen LogP contribution in [0, 0.1) is 0 Å². The zero-order chi connectivity index (χ0) is 10.6. The fourth-order valence-electron chi connectivity index (χ4n) is 1.95. The van der Waals surface area contributed by atoms with Crippen LogP contribution in [0.5, 0.6) is 0 Å². The number of rotatable bonds is 3. The van der Waals surface area contributed by atoms with E-state index in [0.29, 0.717) is 10.1 Å². The summed E-state index contributed by atoms with van der Waals surface area (Å²) in [6, 6.07) is 0. The summed E-state index contributed by atoms with van der Waals surface area (Å²) in [4.78, 5) is 0. The molecule has 0 radical (unpaired) electrons. The van der Waals surface area contributed by atoms with Gasteiger partial charge in [0.2, 0.25) is 0 Å². The van der Waals surface area contributed by atoms with E-state index in [2.05, 4.69) is 45.2 Å². The SMILES string of the molecule is CCOC1CCCCCC1[Te](Br)(Br)Br. The van der Waals surface area contributed by atoms with Gasteiger partial charge in [0.15, 0.2) is 0 Å². The first-order valence-corrected chi connectivity index (χ1v) is 22.1. The second-order valence-corrected chi connectivity index (χ2v) is 45.9. The molecule has 0 saturated heterocycles. The van der Waals surface area contributed by atoms with Crippen LogP contribution >= 0.6 is 38.3 Å². The standard InChI is InChI=1S/C9H17Br3OTe/c1-2-13-8-6-4-3-5-7-9(8)14(10,11)12/h8-9H,2-7H2,1H3. The van der Waals surface area contributed by atoms with Gasteiger partial charge >= 0.3 is 110 Å². The van der Waals surface area contributed by atoms with Crippen LogP contribution in [0.25, 0.3) is 0 Å². The van der Waals surface area contributed by atoms with Crippen LogP contribution in [0.4, 0.5) is 0 Å². The maximum atomic E-state index is 5.86. The summed E-state index contributed by atoms with van der Waals surface area (Å²) in [5, 5.41) is 0. The first-order valence-electron chi connectivity index (χ1n) is 5.08. The second-order valence-electron chi connectivity index (χ2n) is 3.61. The third-order valence-corrected chi connectivity index (χ3v) is 15.8. The Balaban J connectivity index is 2.64. The molecule has 1 rings (SSSR count). The number of hydrogen-bond acceptors (Lipinski definition) is 1. The predicted octanol–water partition coefficient (Wildman–Crippen LogP) is 4.85. The molecular formula is C9H17Br3OTe. The van der Waals surface area contributed by atoms with E-state index in [1.54, 1.807) is 0 Å². The normalized spacial score (nSPS) is 31.1. The van der Waals surface area contributed by atoms with Crippen LogP contribution in [0.1, 0.15) is 39.0 Å². The van der Waals surface area contributed by atoms with Crippen LogP contribution in [0.15, 0.2) is 0 Å². The molecule has 1 aliphatic carbocycles. The van der Waals surface area contributed by atoms with Gasteiger partial charge in [-0.2, -0.15) is 0 Å². The van der Waals surface area contributed by atoms with Crippen molar-refractivity contribution in [2.75, 3.05) is 6.61 Å². The maximum absolute atomic E-state index is 5.86. The first kappa shape index (κ1) is 14.3. The van der Waals surface area contributed by atoms with E-state index in [-0.39, 0.29) is 0 Å². The Morgan fingerprint density at radius 3 is 2.36 bits per heavy atom. The summed E-state index contributed by atoms with van der Waals surface area (Å²) in [5.74, 6) is 0. The fourth-order valence-corrected chi connectivity index (χ4v) is 13.4. The van der Waals surface area contributed by atoms with Crippen LogP contribution in [0.2, 0.25) is 3.97 Å². The summed E-state index contributed by atoms with van der Waals surface area (Å²) < 4.78 is 6.55. The van der Waals surface area contributed by atoms with Gasteiger partial charge in [-0.3, -0.25) is 0 Å². The Morgan fingerprint density at radius 1 is 1.14 bits per heavy atom. The van der Waals surface area contributed by atoms with Crippen molar-refractivity contribution in [2.24, 2.45) is 0 Å². The Labute approximate surface area is 109 Å². The van der Waals surface area contributed by atoms with Crippen molar-refractivity contribution in [3.05, 3.63) is 0 Å². The van der Waals surface area contributed by atoms with Crippen LogP contribution < -0.4 is 0 Å². The molecule has 14 heavy (non-hydrogen) atoms. The van der Waals surface area contributed by atoms with Crippen molar-refractivity contribution < 1.29 is 4.74 Å². The summed E-state index contributed by atoms with van der Waals surface area (Å²) in [5.41, 5.74) is 0. The molecule has 1 aliphatic rings. The Hall–Kier alpha value is 2.19. The molecule has 1 nitrogen and oxygen atoms in total. The van der Waals surface area contributed by atoms with Gasteiger partial charge in [-0.1, -0.05) is 0 Å². The number of ether oxygens (including phenoxy) is 1. The second kappa shape index (κ2) is 6.81. The minimum atomic E-state index is -2.10. The summed E-state index contributed by atoms with van der Waals surface area (Å²) in [6.07, 6.45) is 7.04. The third kappa shape index (κ3) is 4.59. The molecule has 2 atom stereocenters. The molecule has 0 spiro atoms. The molecule has 2 unspecified atom stereocenters. The van der Waals surface area contributed by atoms with Gasteiger partial charge in [0, 0.05) is 0 Å². The molecule has 0 aromatic rings. The molecule has 1 saturated carbocycles. The van der Waals surface area contributed by atoms with Crippen molar-refractivity contribution in [1.29, 1.82) is 0 Å². The van der Waals surface area contributed by atoms with Gasteiger partial charge in [0.1, 0.15) is 0 Å². The first-order chi connectivity index (χ1) is 6.55. The molecule has 1 fully saturated rings. The van der Waals surface area contributed by atoms with Crippen molar-refractivity contribution in [3.63, 3.8) is 0 Å². The summed E-state index contributed by atoms with van der Waals surface area (Å²) in [6.45, 7) is 2.93. The van der Waals surface area contributed by atoms with Gasteiger partial charge in [0.05, 0.1) is 0 Å². The molecule has 0 aliphatic heterocycles. The van der Waals surface area contributed by atoms with Crippen LogP contribution in [0.3, 0.4) is 0 Å². The number of hydrogen-bond donors (Lipinski definition) is 0. The van der Waals surface area contributed by atoms with Gasteiger partial charge in [0.25, 0.3) is 0 Å². The van der Waals surface area contributed by atoms with E-state index in [4.69, 9.17) is 4.74 Å². The third-order valence-electron chi connectivity index (χ3n) is 2.62. The topological polar surface area (TPSA) is 9.23 Å². The van der Waals surface area contributed by atoms with Crippen molar-refractivity contribution in [3.8, 4) is 0 Å². The van der Waals surface area contributed by atoms with Gasteiger partial charge < -0.3 is 0 Å². The molecule has 0 N–H and O–H groups in total. The van der Waals surface area contributed by atoms with E-state index in [1.165, 1.54) is 32.1 Å². The molecular weight excluding hydrogens is 491 g/mol. The Bertz CT molecular complexity index is 172. The zero-order valence-electron chi connectivity index (χ0n) is 8.35. The molecule has 0 aromatic carbocycles. The van der Waals surface area contributed by atoms with Gasteiger partial charge in [-0.15, -0.1) is 0 Å². The molecule has 86 valence electrons. The Kier molecular flexibility index (Phi) is 6.93. The molecule has 0 aromatic heterocycles. The molecule has 0 amide bonds. The van der Waals surface area contributed by atoms with Crippen LogP contribution in [-0.4, -0.2) is 24.3 Å². The van der Waals surface area contributed by atoms with Crippen LogP contribution in [-0.2, 0) is 4.74 Å². The van der Waals surface area contributed by atoms with Crippen molar-refractivity contribution in [1.82, 2.24) is 0 Å². The molecule has 0 heterocycles. The minimum absolute atomic E-state index is 0.460. The number of halogens is 3. The van der Waals surface area contributed by atoms with Gasteiger partial charge in [-0.25, -0.2) is 0 Å². The Morgan fingerprint density at radius 2 is 1.79 bits per heavy atom. The monoisotopic (exact) mass is 508 g/mol. The molecule has 5 heteroatoms. The van der Waals surface area contributed by atoms with E-state index in [0.717, 1.165) is 6.61 Å². The van der Waals surface area contributed by atoms with Crippen molar-refractivity contribution >= 4 is 49.8 Å². The fraction of sp³-hybridized carbons (Fsp3) is 1.00. The van der Waals surface area contributed by atoms with E-state index >= 15 is 0 Å². The quantitative estimate of drug-likeness (QED) is 0.391. The summed E-state index contributed by atoms with van der Waals surface area (Å²) in [7, 11) is 0. The average molecular weight is 509 g/mol. The van der Waals surface area contributed by atoms with Crippen molar-refractivity contribution in [2.45, 2.75) is 49.1 Å². The zero-order valence-corrected chi connectivity index (χ0v) is 15.4. The molecule has 0 bridgehead atoms. The summed E-state index contributed by atoms with van der Waals surface area (Å²) >= 11 is 9.39. The van der Waals surface area contributed by atoms with Gasteiger partial charge in [-0.05, 0) is 0 Å². The van der Waals surface area contributed by atoms with E-state index in [9.17, 15) is 0 Å². The predicted molar refractivity (Wildman–Crippen MR) is 74.8 cm³/mol. The van der Waals surface area contributed by atoms with E-state index in [1.807, 2.05) is 0 Å². The van der Waals surface area contributed by atoms with E-state index < -0.39 is 11.6 Å².